The van der Waals surface area contributed by atoms with Crippen molar-refractivity contribution in [3.63, 3.8) is 0 Å². The fourth-order valence-electron chi connectivity index (χ4n) is 1.39. The fourth-order valence-corrected chi connectivity index (χ4v) is 1.39. The predicted molar refractivity (Wildman–Crippen MR) is 65.7 cm³/mol. The normalized spacial score (nSPS) is 10.0. The van der Waals surface area contributed by atoms with Crippen LogP contribution in [0.1, 0.15) is 11.7 Å². The summed E-state index contributed by atoms with van der Waals surface area (Å²) in [6.45, 7) is 1.85. The van der Waals surface area contributed by atoms with E-state index in [0.717, 1.165) is 0 Å². The van der Waals surface area contributed by atoms with Gasteiger partial charge in [0.05, 0.1) is 13.7 Å². The average Bonchev–Trinajstić information content (AvgIpc) is 2.83. The second-order valence-corrected chi connectivity index (χ2v) is 3.60. The van der Waals surface area contributed by atoms with Crippen LogP contribution >= 0.6 is 0 Å². The molecule has 2 heterocycles. The van der Waals surface area contributed by atoms with Crippen molar-refractivity contribution in [2.75, 3.05) is 12.4 Å². The maximum absolute atomic E-state index is 11.7. The number of methoxy groups -OCH3 is 1. The number of aromatic nitrogens is 3. The van der Waals surface area contributed by atoms with Gasteiger partial charge in [-0.05, 0) is 12.1 Å². The van der Waals surface area contributed by atoms with E-state index in [9.17, 15) is 4.79 Å². The van der Waals surface area contributed by atoms with Gasteiger partial charge in [0, 0.05) is 13.1 Å². The summed E-state index contributed by atoms with van der Waals surface area (Å²) < 4.78 is 9.81. The molecule has 0 bridgehead atoms. The largest absolute Gasteiger partial charge is 0.480 e. The average molecular weight is 263 g/mol. The Morgan fingerprint density at radius 2 is 2.37 bits per heavy atom. The number of nitrogens with one attached hydrogen (secondary N) is 2. The van der Waals surface area contributed by atoms with E-state index in [-0.39, 0.29) is 6.54 Å². The van der Waals surface area contributed by atoms with Crippen molar-refractivity contribution in [1.82, 2.24) is 20.4 Å². The molecule has 0 aliphatic carbocycles. The zero-order valence-corrected chi connectivity index (χ0v) is 10.5. The summed E-state index contributed by atoms with van der Waals surface area (Å²) in [6.07, 6.45) is 1.57. The number of ether oxygens (including phenoxy) is 1. The monoisotopic (exact) mass is 263 g/mol. The summed E-state index contributed by atoms with van der Waals surface area (Å²) in [4.78, 5) is 19.6. The Morgan fingerprint density at radius 3 is 3.05 bits per heavy atom. The number of rotatable bonds is 4. The fraction of sp³-hybridized carbons (Fsp3) is 0.273. The minimum Gasteiger partial charge on any atom is -0.480 e. The Bertz CT molecular complexity index is 569. The topological polar surface area (TPSA) is 102 Å². The van der Waals surface area contributed by atoms with Gasteiger partial charge in [0.2, 0.25) is 11.8 Å². The van der Waals surface area contributed by atoms with Crippen molar-refractivity contribution in [2.45, 2.75) is 13.5 Å². The van der Waals surface area contributed by atoms with E-state index < -0.39 is 6.03 Å². The molecule has 19 heavy (non-hydrogen) atoms. The van der Waals surface area contributed by atoms with E-state index in [1.165, 1.54) is 7.11 Å². The SMILES string of the molecule is COc1ncccc1NC(=O)NCc1noc(C)n1. The number of anilines is 1. The van der Waals surface area contributed by atoms with E-state index in [4.69, 9.17) is 9.26 Å². The minimum atomic E-state index is -0.409. The number of amides is 2. The van der Waals surface area contributed by atoms with Crippen LogP contribution in [-0.2, 0) is 6.54 Å². The third-order valence-electron chi connectivity index (χ3n) is 2.19. The van der Waals surface area contributed by atoms with Crippen LogP contribution in [0.25, 0.3) is 0 Å². The first-order chi connectivity index (χ1) is 9.19. The van der Waals surface area contributed by atoms with Crippen molar-refractivity contribution >= 4 is 11.7 Å². The Kier molecular flexibility index (Phi) is 3.91. The number of carbonyl (C=O) groups is 1. The lowest BCUT2D eigenvalue weighted by molar-refractivity contribution is 0.251. The summed E-state index contributed by atoms with van der Waals surface area (Å²) in [6, 6.07) is 2.97. The molecule has 0 saturated carbocycles. The van der Waals surface area contributed by atoms with Crippen LogP contribution in [0.2, 0.25) is 0 Å². The minimum absolute atomic E-state index is 0.172. The van der Waals surface area contributed by atoms with Crippen LogP contribution in [0, 0.1) is 6.92 Å². The molecule has 8 nitrogen and oxygen atoms in total. The Balaban J connectivity index is 1.90. The van der Waals surface area contributed by atoms with Crippen LogP contribution in [0.3, 0.4) is 0 Å². The summed E-state index contributed by atoms with van der Waals surface area (Å²) in [5.41, 5.74) is 0.479. The van der Waals surface area contributed by atoms with Crippen molar-refractivity contribution in [3.05, 3.63) is 30.0 Å². The van der Waals surface area contributed by atoms with Crippen molar-refractivity contribution in [2.24, 2.45) is 0 Å². The van der Waals surface area contributed by atoms with Crippen LogP contribution in [0.15, 0.2) is 22.9 Å². The molecule has 0 radical (unpaired) electrons. The molecule has 0 fully saturated rings. The summed E-state index contributed by atoms with van der Waals surface area (Å²) in [5, 5.41) is 8.87. The maximum atomic E-state index is 11.7. The van der Waals surface area contributed by atoms with E-state index in [1.807, 2.05) is 0 Å². The van der Waals surface area contributed by atoms with Gasteiger partial charge in [0.1, 0.15) is 5.69 Å². The van der Waals surface area contributed by atoms with Gasteiger partial charge in [-0.25, -0.2) is 9.78 Å². The quantitative estimate of drug-likeness (QED) is 0.856. The zero-order chi connectivity index (χ0) is 13.7. The molecule has 2 rings (SSSR count). The second kappa shape index (κ2) is 5.80. The van der Waals surface area contributed by atoms with Crippen molar-refractivity contribution in [3.8, 4) is 5.88 Å². The first-order valence-corrected chi connectivity index (χ1v) is 5.52. The lowest BCUT2D eigenvalue weighted by Gasteiger charge is -2.08. The van der Waals surface area contributed by atoms with E-state index in [0.29, 0.717) is 23.3 Å². The molecule has 0 atom stereocenters. The number of aryl methyl sites for hydroxylation is 1. The number of hydrogen-bond donors (Lipinski definition) is 2. The van der Waals surface area contributed by atoms with Crippen molar-refractivity contribution < 1.29 is 14.1 Å². The molecular weight excluding hydrogens is 250 g/mol. The summed E-state index contributed by atoms with van der Waals surface area (Å²) in [7, 11) is 1.48. The van der Waals surface area contributed by atoms with Crippen LogP contribution in [-0.4, -0.2) is 28.3 Å². The third-order valence-corrected chi connectivity index (χ3v) is 2.19. The van der Waals surface area contributed by atoms with Gasteiger partial charge in [-0.3, -0.25) is 0 Å². The molecule has 2 aromatic heterocycles. The number of urea groups is 1. The van der Waals surface area contributed by atoms with Gasteiger partial charge in [-0.15, -0.1) is 0 Å². The Labute approximate surface area is 109 Å². The van der Waals surface area contributed by atoms with Crippen LogP contribution in [0.4, 0.5) is 10.5 Å². The van der Waals surface area contributed by atoms with Gasteiger partial charge in [0.15, 0.2) is 5.82 Å². The molecule has 100 valence electrons. The van der Waals surface area contributed by atoms with E-state index in [1.54, 1.807) is 25.3 Å². The highest BCUT2D eigenvalue weighted by atomic mass is 16.5. The predicted octanol–water partition coefficient (Wildman–Crippen LogP) is 1.10. The van der Waals surface area contributed by atoms with Gasteiger partial charge in [-0.2, -0.15) is 4.98 Å². The molecule has 0 unspecified atom stereocenters. The van der Waals surface area contributed by atoms with Gasteiger partial charge in [0.25, 0.3) is 0 Å². The van der Waals surface area contributed by atoms with E-state index >= 15 is 0 Å². The van der Waals surface area contributed by atoms with Gasteiger partial charge < -0.3 is 19.9 Å². The van der Waals surface area contributed by atoms with Gasteiger partial charge >= 0.3 is 6.03 Å². The van der Waals surface area contributed by atoms with Crippen molar-refractivity contribution in [1.29, 1.82) is 0 Å². The second-order valence-electron chi connectivity index (χ2n) is 3.60. The van der Waals surface area contributed by atoms with Crippen LogP contribution in [0.5, 0.6) is 5.88 Å². The first-order valence-electron chi connectivity index (χ1n) is 5.52. The lowest BCUT2D eigenvalue weighted by atomic mass is 10.4. The first kappa shape index (κ1) is 12.8. The number of carbonyl (C=O) groups excluding carboxylic acids is 1. The summed E-state index contributed by atoms with van der Waals surface area (Å²) >= 11 is 0. The highest BCUT2D eigenvalue weighted by Gasteiger charge is 2.09. The molecule has 2 N–H and O–H groups in total. The number of nitrogens with zero attached hydrogens (tertiary/aromatic N) is 3. The standard InChI is InChI=1S/C11H13N5O3/c1-7-14-9(16-19-7)6-13-11(17)15-8-4-3-5-12-10(8)18-2/h3-5H,6H2,1-2H3,(H2,13,15,17). The number of pyridine rings is 1. The van der Waals surface area contributed by atoms with Gasteiger partial charge in [-0.1, -0.05) is 5.16 Å². The highest BCUT2D eigenvalue weighted by Crippen LogP contribution is 2.19. The summed E-state index contributed by atoms with van der Waals surface area (Å²) in [5.74, 6) is 1.20. The molecule has 0 aliphatic rings. The Hall–Kier alpha value is -2.64. The third kappa shape index (κ3) is 3.41. The molecule has 8 heteroatoms. The highest BCUT2D eigenvalue weighted by molar-refractivity contribution is 5.90. The lowest BCUT2D eigenvalue weighted by Crippen LogP contribution is -2.28. The maximum Gasteiger partial charge on any atom is 0.319 e. The molecule has 2 aromatic rings. The number of hydrogen-bond acceptors (Lipinski definition) is 6. The Morgan fingerprint density at radius 1 is 1.53 bits per heavy atom. The molecule has 0 aliphatic heterocycles. The molecule has 0 saturated heterocycles. The molecular formula is C11H13N5O3. The molecule has 0 spiro atoms. The smallest absolute Gasteiger partial charge is 0.319 e. The zero-order valence-electron chi connectivity index (χ0n) is 10.5. The molecule has 0 aromatic carbocycles. The van der Waals surface area contributed by atoms with E-state index in [2.05, 4.69) is 25.8 Å². The molecule has 2 amide bonds. The van der Waals surface area contributed by atoms with Crippen LogP contribution < -0.4 is 15.4 Å².